The first-order chi connectivity index (χ1) is 13.7. The van der Waals surface area contributed by atoms with Gasteiger partial charge in [-0.15, -0.1) is 0 Å². The number of hydrogen-bond acceptors (Lipinski definition) is 4. The van der Waals surface area contributed by atoms with Crippen LogP contribution in [0.5, 0.6) is 0 Å². The lowest BCUT2D eigenvalue weighted by molar-refractivity contribution is -0.124. The number of carbonyl (C=O) groups excluding carboxylic acids is 1. The zero-order chi connectivity index (χ0) is 19.4. The van der Waals surface area contributed by atoms with Gasteiger partial charge in [0, 0.05) is 0 Å². The summed E-state index contributed by atoms with van der Waals surface area (Å²) < 4.78 is 0. The second kappa shape index (κ2) is 8.27. The van der Waals surface area contributed by atoms with Crippen LogP contribution in [0.25, 0.3) is 0 Å². The molecule has 1 saturated heterocycles. The SMILES string of the molecule is NC1=NC(c2ccccc2)(c2ccccc2)C(=O)C1CCCN1CCCCC1. The van der Waals surface area contributed by atoms with Gasteiger partial charge < -0.3 is 10.6 Å². The topological polar surface area (TPSA) is 58.7 Å². The number of benzene rings is 2. The Balaban J connectivity index is 1.57. The van der Waals surface area contributed by atoms with E-state index in [1.807, 2.05) is 60.7 Å². The van der Waals surface area contributed by atoms with E-state index in [9.17, 15) is 4.79 Å². The molecular weight excluding hydrogens is 346 g/mol. The van der Waals surface area contributed by atoms with Gasteiger partial charge in [0.2, 0.25) is 0 Å². The summed E-state index contributed by atoms with van der Waals surface area (Å²) in [4.78, 5) is 21.0. The minimum Gasteiger partial charge on any atom is -0.387 e. The van der Waals surface area contributed by atoms with E-state index in [1.165, 1.54) is 32.4 Å². The molecule has 2 aliphatic rings. The molecule has 0 amide bonds. The largest absolute Gasteiger partial charge is 0.387 e. The Hall–Kier alpha value is -2.46. The predicted octanol–water partition coefficient (Wildman–Crippen LogP) is 3.75. The van der Waals surface area contributed by atoms with Gasteiger partial charge in [0.25, 0.3) is 0 Å². The van der Waals surface area contributed by atoms with Crippen molar-refractivity contribution in [1.29, 1.82) is 0 Å². The Bertz CT molecular complexity index is 786. The summed E-state index contributed by atoms with van der Waals surface area (Å²) in [5, 5.41) is 0. The fourth-order valence-corrected chi connectivity index (χ4v) is 4.63. The highest BCUT2D eigenvalue weighted by molar-refractivity contribution is 6.14. The lowest BCUT2D eigenvalue weighted by atomic mass is 9.77. The van der Waals surface area contributed by atoms with E-state index < -0.39 is 5.54 Å². The number of amidine groups is 1. The number of ketones is 1. The van der Waals surface area contributed by atoms with Gasteiger partial charge in [-0.1, -0.05) is 67.1 Å². The second-order valence-electron chi connectivity index (χ2n) is 7.94. The smallest absolute Gasteiger partial charge is 0.180 e. The zero-order valence-electron chi connectivity index (χ0n) is 16.4. The van der Waals surface area contributed by atoms with Crippen molar-refractivity contribution in [2.24, 2.45) is 16.6 Å². The van der Waals surface area contributed by atoms with E-state index >= 15 is 0 Å². The summed E-state index contributed by atoms with van der Waals surface area (Å²) in [5.74, 6) is 0.294. The first kappa shape index (κ1) is 18.9. The van der Waals surface area contributed by atoms with Crippen LogP contribution >= 0.6 is 0 Å². The number of carbonyl (C=O) groups is 1. The molecule has 2 N–H and O–H groups in total. The monoisotopic (exact) mass is 375 g/mol. The van der Waals surface area contributed by atoms with Crippen LogP contribution in [0, 0.1) is 5.92 Å². The third-order valence-electron chi connectivity index (χ3n) is 6.13. The summed E-state index contributed by atoms with van der Waals surface area (Å²) in [5.41, 5.74) is 7.13. The number of Topliss-reactive ketones (excluding diaryl/α,β-unsaturated/α-hetero) is 1. The van der Waals surface area contributed by atoms with Crippen LogP contribution in [0.15, 0.2) is 65.7 Å². The molecule has 2 heterocycles. The standard InChI is InChI=1S/C24H29N3O/c25-23-21(15-10-18-27-16-8-3-9-17-27)22(28)24(26-23,19-11-4-1-5-12-19)20-13-6-2-7-14-20/h1-2,4-7,11-14,21H,3,8-10,15-18H2,(H2,25,26). The number of nitrogens with two attached hydrogens (primary N) is 1. The molecule has 0 aromatic heterocycles. The predicted molar refractivity (Wildman–Crippen MR) is 113 cm³/mol. The van der Waals surface area contributed by atoms with E-state index in [0.717, 1.165) is 30.5 Å². The van der Waals surface area contributed by atoms with E-state index in [-0.39, 0.29) is 11.7 Å². The number of nitrogens with zero attached hydrogens (tertiary/aromatic N) is 2. The zero-order valence-corrected chi connectivity index (χ0v) is 16.4. The molecular formula is C24H29N3O. The molecule has 1 fully saturated rings. The Morgan fingerprint density at radius 2 is 1.50 bits per heavy atom. The molecule has 1 atom stereocenters. The molecule has 0 radical (unpaired) electrons. The van der Waals surface area contributed by atoms with Crippen LogP contribution in [-0.2, 0) is 10.3 Å². The number of rotatable bonds is 6. The normalized spacial score (nSPS) is 22.2. The molecule has 1 unspecified atom stereocenters. The summed E-state index contributed by atoms with van der Waals surface area (Å²) in [6, 6.07) is 19.7. The van der Waals surface area contributed by atoms with Crippen molar-refractivity contribution in [2.45, 2.75) is 37.6 Å². The lowest BCUT2D eigenvalue weighted by Gasteiger charge is -2.28. The van der Waals surface area contributed by atoms with Crippen LogP contribution in [0.1, 0.15) is 43.2 Å². The van der Waals surface area contributed by atoms with E-state index in [2.05, 4.69) is 4.90 Å². The number of likely N-dealkylation sites (tertiary alicyclic amines) is 1. The fraction of sp³-hybridized carbons (Fsp3) is 0.417. The van der Waals surface area contributed by atoms with Gasteiger partial charge in [-0.2, -0.15) is 0 Å². The molecule has 0 aliphatic carbocycles. The van der Waals surface area contributed by atoms with E-state index in [0.29, 0.717) is 5.84 Å². The van der Waals surface area contributed by atoms with Gasteiger partial charge in [-0.25, -0.2) is 4.99 Å². The van der Waals surface area contributed by atoms with Crippen molar-refractivity contribution >= 4 is 11.6 Å². The molecule has 0 spiro atoms. The van der Waals surface area contributed by atoms with Crippen LogP contribution in [0.4, 0.5) is 0 Å². The second-order valence-corrected chi connectivity index (χ2v) is 7.94. The summed E-state index contributed by atoms with van der Waals surface area (Å²) in [7, 11) is 0. The van der Waals surface area contributed by atoms with Crippen LogP contribution in [0.2, 0.25) is 0 Å². The molecule has 2 aromatic rings. The van der Waals surface area contributed by atoms with Gasteiger partial charge in [0.15, 0.2) is 11.3 Å². The minimum absolute atomic E-state index is 0.112. The molecule has 4 heteroatoms. The Morgan fingerprint density at radius 3 is 2.07 bits per heavy atom. The molecule has 28 heavy (non-hydrogen) atoms. The average Bonchev–Trinajstić information content (AvgIpc) is 3.01. The van der Waals surface area contributed by atoms with Crippen molar-refractivity contribution in [3.63, 3.8) is 0 Å². The van der Waals surface area contributed by atoms with Crippen LogP contribution in [-0.4, -0.2) is 36.2 Å². The number of piperidine rings is 1. The van der Waals surface area contributed by atoms with Gasteiger partial charge in [0.05, 0.1) is 5.92 Å². The van der Waals surface area contributed by atoms with Gasteiger partial charge >= 0.3 is 0 Å². The van der Waals surface area contributed by atoms with Gasteiger partial charge in [-0.05, 0) is 56.4 Å². The van der Waals surface area contributed by atoms with Crippen molar-refractivity contribution in [3.8, 4) is 0 Å². The molecule has 4 nitrogen and oxygen atoms in total. The molecule has 2 aliphatic heterocycles. The molecule has 2 aromatic carbocycles. The van der Waals surface area contributed by atoms with Crippen molar-refractivity contribution in [1.82, 2.24) is 4.90 Å². The maximum atomic E-state index is 13.7. The van der Waals surface area contributed by atoms with Crippen LogP contribution < -0.4 is 5.73 Å². The highest BCUT2D eigenvalue weighted by atomic mass is 16.1. The third-order valence-corrected chi connectivity index (χ3v) is 6.13. The third kappa shape index (κ3) is 3.49. The quantitative estimate of drug-likeness (QED) is 0.836. The number of aliphatic imine (C=N–C) groups is 1. The van der Waals surface area contributed by atoms with Crippen molar-refractivity contribution < 1.29 is 4.79 Å². The van der Waals surface area contributed by atoms with Gasteiger partial charge in [0.1, 0.15) is 5.84 Å². The number of hydrogen-bond donors (Lipinski definition) is 1. The minimum atomic E-state index is -1.01. The molecule has 0 saturated carbocycles. The summed E-state index contributed by atoms with van der Waals surface area (Å²) >= 11 is 0. The first-order valence-corrected chi connectivity index (χ1v) is 10.4. The van der Waals surface area contributed by atoms with E-state index in [4.69, 9.17) is 10.7 Å². The fourth-order valence-electron chi connectivity index (χ4n) is 4.63. The Morgan fingerprint density at radius 1 is 0.929 bits per heavy atom. The molecule has 146 valence electrons. The maximum absolute atomic E-state index is 13.7. The summed E-state index contributed by atoms with van der Waals surface area (Å²) in [6.07, 6.45) is 5.67. The van der Waals surface area contributed by atoms with Crippen LogP contribution in [0.3, 0.4) is 0 Å². The van der Waals surface area contributed by atoms with Crippen molar-refractivity contribution in [2.75, 3.05) is 19.6 Å². The average molecular weight is 376 g/mol. The highest BCUT2D eigenvalue weighted by Crippen LogP contribution is 2.42. The lowest BCUT2D eigenvalue weighted by Crippen LogP contribution is -2.37. The highest BCUT2D eigenvalue weighted by Gasteiger charge is 2.50. The van der Waals surface area contributed by atoms with Crippen molar-refractivity contribution in [3.05, 3.63) is 71.8 Å². The Kier molecular flexibility index (Phi) is 5.58. The summed E-state index contributed by atoms with van der Waals surface area (Å²) in [6.45, 7) is 3.40. The van der Waals surface area contributed by atoms with Gasteiger partial charge in [-0.3, -0.25) is 4.79 Å². The molecule has 0 bridgehead atoms. The van der Waals surface area contributed by atoms with E-state index in [1.54, 1.807) is 0 Å². The maximum Gasteiger partial charge on any atom is 0.180 e. The Labute approximate surface area is 167 Å². The first-order valence-electron chi connectivity index (χ1n) is 10.4. The molecule has 4 rings (SSSR count).